The van der Waals surface area contributed by atoms with Crippen LogP contribution in [0.15, 0.2) is 24.3 Å². The van der Waals surface area contributed by atoms with Crippen LogP contribution in [-0.2, 0) is 11.3 Å². The van der Waals surface area contributed by atoms with E-state index in [1.165, 1.54) is 5.56 Å². The minimum Gasteiger partial charge on any atom is -0.352 e. The van der Waals surface area contributed by atoms with Crippen molar-refractivity contribution < 1.29 is 4.79 Å². The third-order valence-electron chi connectivity index (χ3n) is 2.89. The number of rotatable bonds is 5. The molecule has 0 spiro atoms. The standard InChI is InChI=1S/C16H26N2O/c1-12-6-5-7-13(8-12)11-18-15(19)9-14(17)10-16(2,3)4/h5-8,14H,9-11,17H2,1-4H3,(H,18,19). The lowest BCUT2D eigenvalue weighted by atomic mass is 9.87. The fraction of sp³-hybridized carbons (Fsp3) is 0.562. The second kappa shape index (κ2) is 6.71. The SMILES string of the molecule is Cc1cccc(CNC(=O)CC(N)CC(C)(C)C)c1. The predicted molar refractivity (Wildman–Crippen MR) is 79.7 cm³/mol. The van der Waals surface area contributed by atoms with E-state index in [0.717, 1.165) is 12.0 Å². The molecule has 106 valence electrons. The first kappa shape index (κ1) is 15.7. The first-order valence-corrected chi connectivity index (χ1v) is 6.84. The average molecular weight is 262 g/mol. The van der Waals surface area contributed by atoms with Crippen LogP contribution in [0, 0.1) is 12.3 Å². The highest BCUT2D eigenvalue weighted by molar-refractivity contribution is 5.76. The van der Waals surface area contributed by atoms with Crippen LogP contribution in [0.2, 0.25) is 0 Å². The Bertz CT molecular complexity index is 421. The lowest BCUT2D eigenvalue weighted by molar-refractivity contribution is -0.121. The van der Waals surface area contributed by atoms with Crippen molar-refractivity contribution in [1.29, 1.82) is 0 Å². The van der Waals surface area contributed by atoms with E-state index in [9.17, 15) is 4.79 Å². The highest BCUT2D eigenvalue weighted by atomic mass is 16.1. The molecule has 3 nitrogen and oxygen atoms in total. The first-order valence-electron chi connectivity index (χ1n) is 6.84. The van der Waals surface area contributed by atoms with Crippen LogP contribution in [0.1, 0.15) is 44.7 Å². The van der Waals surface area contributed by atoms with Gasteiger partial charge in [0.15, 0.2) is 0 Å². The number of hydrogen-bond acceptors (Lipinski definition) is 2. The molecule has 1 unspecified atom stereocenters. The highest BCUT2D eigenvalue weighted by Gasteiger charge is 2.17. The summed E-state index contributed by atoms with van der Waals surface area (Å²) in [6.07, 6.45) is 1.24. The van der Waals surface area contributed by atoms with E-state index in [1.807, 2.05) is 25.1 Å². The molecule has 1 aromatic carbocycles. The van der Waals surface area contributed by atoms with Gasteiger partial charge in [0.25, 0.3) is 0 Å². The molecule has 1 atom stereocenters. The number of hydrogen-bond donors (Lipinski definition) is 2. The maximum absolute atomic E-state index is 11.8. The molecule has 0 aliphatic heterocycles. The van der Waals surface area contributed by atoms with Gasteiger partial charge in [-0.3, -0.25) is 4.79 Å². The van der Waals surface area contributed by atoms with Crippen LogP contribution < -0.4 is 11.1 Å². The molecule has 3 N–H and O–H groups in total. The van der Waals surface area contributed by atoms with E-state index >= 15 is 0 Å². The minimum atomic E-state index is -0.0718. The molecular formula is C16H26N2O. The Kier molecular flexibility index (Phi) is 5.55. The van der Waals surface area contributed by atoms with Gasteiger partial charge in [0, 0.05) is 19.0 Å². The van der Waals surface area contributed by atoms with Crippen molar-refractivity contribution in [1.82, 2.24) is 5.32 Å². The molecule has 0 heterocycles. The van der Waals surface area contributed by atoms with Crippen molar-refractivity contribution in [3.8, 4) is 0 Å². The van der Waals surface area contributed by atoms with Crippen LogP contribution in [0.5, 0.6) is 0 Å². The van der Waals surface area contributed by atoms with Crippen molar-refractivity contribution >= 4 is 5.91 Å². The summed E-state index contributed by atoms with van der Waals surface area (Å²) in [6, 6.07) is 8.07. The molecule has 1 aromatic rings. The zero-order valence-corrected chi connectivity index (χ0v) is 12.5. The van der Waals surface area contributed by atoms with Gasteiger partial charge >= 0.3 is 0 Å². The van der Waals surface area contributed by atoms with Crippen LogP contribution in [0.3, 0.4) is 0 Å². The predicted octanol–water partition coefficient (Wildman–Crippen LogP) is 2.76. The molecular weight excluding hydrogens is 236 g/mol. The molecule has 1 amide bonds. The Hall–Kier alpha value is -1.35. The molecule has 3 heteroatoms. The van der Waals surface area contributed by atoms with Gasteiger partial charge in [-0.05, 0) is 24.3 Å². The summed E-state index contributed by atoms with van der Waals surface area (Å²) in [6.45, 7) is 9.03. The Labute approximate surface area is 116 Å². The van der Waals surface area contributed by atoms with Gasteiger partial charge in [-0.15, -0.1) is 0 Å². The number of amides is 1. The number of carbonyl (C=O) groups is 1. The molecule has 0 saturated heterocycles. The maximum Gasteiger partial charge on any atom is 0.221 e. The molecule has 1 rings (SSSR count). The van der Waals surface area contributed by atoms with E-state index in [2.05, 4.69) is 32.2 Å². The summed E-state index contributed by atoms with van der Waals surface area (Å²) in [7, 11) is 0. The van der Waals surface area contributed by atoms with Gasteiger partial charge < -0.3 is 11.1 Å². The highest BCUT2D eigenvalue weighted by Crippen LogP contribution is 2.20. The summed E-state index contributed by atoms with van der Waals surface area (Å²) in [5, 5.41) is 2.92. The van der Waals surface area contributed by atoms with Crippen molar-refractivity contribution in [3.05, 3.63) is 35.4 Å². The molecule has 19 heavy (non-hydrogen) atoms. The van der Waals surface area contributed by atoms with Gasteiger partial charge in [0.1, 0.15) is 0 Å². The van der Waals surface area contributed by atoms with Crippen molar-refractivity contribution in [2.75, 3.05) is 0 Å². The zero-order valence-electron chi connectivity index (χ0n) is 12.5. The minimum absolute atomic E-state index is 0.0262. The Balaban J connectivity index is 2.36. The maximum atomic E-state index is 11.8. The van der Waals surface area contributed by atoms with Crippen LogP contribution in [-0.4, -0.2) is 11.9 Å². The Morgan fingerprint density at radius 1 is 1.37 bits per heavy atom. The topological polar surface area (TPSA) is 55.1 Å². The van der Waals surface area contributed by atoms with Crippen LogP contribution >= 0.6 is 0 Å². The molecule has 0 fully saturated rings. The summed E-state index contributed by atoms with van der Waals surface area (Å²) in [5.74, 6) is 0.0262. The lowest BCUT2D eigenvalue weighted by Gasteiger charge is -2.22. The third kappa shape index (κ3) is 6.97. The second-order valence-electron chi connectivity index (χ2n) is 6.49. The molecule has 0 aliphatic rings. The summed E-state index contributed by atoms with van der Waals surface area (Å²) in [5.41, 5.74) is 8.48. The number of aryl methyl sites for hydroxylation is 1. The number of nitrogens with two attached hydrogens (primary N) is 1. The molecule has 0 aliphatic carbocycles. The normalized spacial score (nSPS) is 13.1. The van der Waals surface area contributed by atoms with Crippen molar-refractivity contribution in [2.45, 2.75) is 53.1 Å². The largest absolute Gasteiger partial charge is 0.352 e. The van der Waals surface area contributed by atoms with Crippen LogP contribution in [0.4, 0.5) is 0 Å². The van der Waals surface area contributed by atoms with E-state index < -0.39 is 0 Å². The summed E-state index contributed by atoms with van der Waals surface area (Å²) >= 11 is 0. The summed E-state index contributed by atoms with van der Waals surface area (Å²) < 4.78 is 0. The van der Waals surface area contributed by atoms with Crippen molar-refractivity contribution in [2.24, 2.45) is 11.1 Å². The van der Waals surface area contributed by atoms with Gasteiger partial charge in [-0.25, -0.2) is 0 Å². The quantitative estimate of drug-likeness (QED) is 0.857. The molecule has 0 bridgehead atoms. The molecule has 0 aromatic heterocycles. The molecule has 0 saturated carbocycles. The fourth-order valence-electron chi connectivity index (χ4n) is 2.19. The lowest BCUT2D eigenvalue weighted by Crippen LogP contribution is -2.34. The second-order valence-corrected chi connectivity index (χ2v) is 6.49. The van der Waals surface area contributed by atoms with E-state index in [4.69, 9.17) is 5.73 Å². The number of benzene rings is 1. The first-order chi connectivity index (χ1) is 8.76. The zero-order chi connectivity index (χ0) is 14.5. The van der Waals surface area contributed by atoms with Gasteiger partial charge in [-0.1, -0.05) is 50.6 Å². The number of nitrogens with one attached hydrogen (secondary N) is 1. The van der Waals surface area contributed by atoms with Gasteiger partial charge in [0.05, 0.1) is 0 Å². The van der Waals surface area contributed by atoms with E-state index in [0.29, 0.717) is 13.0 Å². The van der Waals surface area contributed by atoms with Gasteiger partial charge in [-0.2, -0.15) is 0 Å². The van der Waals surface area contributed by atoms with E-state index in [-0.39, 0.29) is 17.4 Å². The number of carbonyl (C=O) groups excluding carboxylic acids is 1. The Morgan fingerprint density at radius 3 is 2.63 bits per heavy atom. The monoisotopic (exact) mass is 262 g/mol. The Morgan fingerprint density at radius 2 is 2.05 bits per heavy atom. The van der Waals surface area contributed by atoms with Gasteiger partial charge in [0.2, 0.25) is 5.91 Å². The third-order valence-corrected chi connectivity index (χ3v) is 2.89. The summed E-state index contributed by atoms with van der Waals surface area (Å²) in [4.78, 5) is 11.8. The fourth-order valence-corrected chi connectivity index (χ4v) is 2.19. The van der Waals surface area contributed by atoms with Crippen LogP contribution in [0.25, 0.3) is 0 Å². The smallest absolute Gasteiger partial charge is 0.221 e. The average Bonchev–Trinajstić information content (AvgIpc) is 2.23. The van der Waals surface area contributed by atoms with Crippen molar-refractivity contribution in [3.63, 3.8) is 0 Å². The molecule has 0 radical (unpaired) electrons. The van der Waals surface area contributed by atoms with E-state index in [1.54, 1.807) is 0 Å².